The van der Waals surface area contributed by atoms with Crippen LogP contribution in [0.5, 0.6) is 0 Å². The number of aliphatic hydroxyl groups excluding tert-OH is 1. The summed E-state index contributed by atoms with van der Waals surface area (Å²) >= 11 is 0. The maximum atomic E-state index is 10.3. The highest BCUT2D eigenvalue weighted by molar-refractivity contribution is 14.0. The highest BCUT2D eigenvalue weighted by atomic mass is 127. The molecule has 1 aliphatic rings. The molecule has 1 aromatic carbocycles. The van der Waals surface area contributed by atoms with Crippen LogP contribution in [0.3, 0.4) is 0 Å². The van der Waals surface area contributed by atoms with Gasteiger partial charge in [0.25, 0.3) is 0 Å². The van der Waals surface area contributed by atoms with Gasteiger partial charge in [-0.25, -0.2) is 0 Å². The van der Waals surface area contributed by atoms with Crippen molar-refractivity contribution in [3.63, 3.8) is 0 Å². The van der Waals surface area contributed by atoms with Crippen molar-refractivity contribution < 1.29 is 5.11 Å². The molecule has 0 radical (unpaired) electrons. The number of guanidine groups is 1. The second-order valence-electron chi connectivity index (χ2n) is 6.43. The first-order valence-electron chi connectivity index (χ1n) is 8.60. The molecule has 2 rings (SSSR count). The zero-order valence-electron chi connectivity index (χ0n) is 15.0. The summed E-state index contributed by atoms with van der Waals surface area (Å²) in [5, 5.41) is 16.8. The molecule has 0 saturated carbocycles. The number of aliphatic hydroxyl groups is 1. The highest BCUT2D eigenvalue weighted by Gasteiger charge is 2.18. The molecule has 24 heavy (non-hydrogen) atoms. The van der Waals surface area contributed by atoms with Gasteiger partial charge in [-0.1, -0.05) is 24.3 Å². The van der Waals surface area contributed by atoms with Gasteiger partial charge in [-0.2, -0.15) is 0 Å². The van der Waals surface area contributed by atoms with Crippen molar-refractivity contribution >= 4 is 29.9 Å². The average molecular weight is 446 g/mol. The zero-order chi connectivity index (χ0) is 16.7. The van der Waals surface area contributed by atoms with Crippen molar-refractivity contribution in [1.82, 2.24) is 15.5 Å². The van der Waals surface area contributed by atoms with Crippen LogP contribution in [0.2, 0.25) is 0 Å². The molecule has 0 aromatic heterocycles. The molecule has 5 nitrogen and oxygen atoms in total. The van der Waals surface area contributed by atoms with Crippen LogP contribution in [0, 0.1) is 0 Å². The van der Waals surface area contributed by atoms with Crippen molar-refractivity contribution in [3.8, 4) is 0 Å². The monoisotopic (exact) mass is 446 g/mol. The van der Waals surface area contributed by atoms with E-state index in [2.05, 4.69) is 58.6 Å². The normalized spacial score (nSPS) is 16.3. The van der Waals surface area contributed by atoms with Crippen molar-refractivity contribution in [3.05, 3.63) is 35.4 Å². The molecule has 1 unspecified atom stereocenters. The molecular weight excluding hydrogens is 415 g/mol. The SMILES string of the molecule is CCNC(=NCC(O)CN1CCc2ccccc2C1)NC(C)C.I. The predicted molar refractivity (Wildman–Crippen MR) is 111 cm³/mol. The minimum Gasteiger partial charge on any atom is -0.390 e. The van der Waals surface area contributed by atoms with Gasteiger partial charge in [0.05, 0.1) is 12.6 Å². The van der Waals surface area contributed by atoms with E-state index in [1.807, 2.05) is 6.92 Å². The number of nitrogens with one attached hydrogen (secondary N) is 2. The minimum atomic E-state index is -0.442. The molecular formula is C18H31IN4O. The van der Waals surface area contributed by atoms with E-state index in [0.29, 0.717) is 19.1 Å². The standard InChI is InChI=1S/C18H30N4O.HI/c1-4-19-18(21-14(2)3)20-11-17(23)13-22-10-9-15-7-5-6-8-16(15)12-22;/h5-8,14,17,23H,4,9-13H2,1-3H3,(H2,19,20,21);1H. The lowest BCUT2D eigenvalue weighted by atomic mass is 10.00. The number of fused-ring (bicyclic) bond motifs is 1. The Hall–Kier alpha value is -0.860. The van der Waals surface area contributed by atoms with Crippen LogP contribution in [0.15, 0.2) is 29.3 Å². The summed E-state index contributed by atoms with van der Waals surface area (Å²) in [6.07, 6.45) is 0.617. The molecule has 0 saturated heterocycles. The number of hydrogen-bond donors (Lipinski definition) is 3. The molecule has 1 aliphatic heterocycles. The summed E-state index contributed by atoms with van der Waals surface area (Å²) in [6, 6.07) is 8.89. The third-order valence-corrected chi connectivity index (χ3v) is 3.91. The molecule has 1 heterocycles. The van der Waals surface area contributed by atoms with E-state index in [-0.39, 0.29) is 24.0 Å². The Labute approximate surface area is 162 Å². The second-order valence-corrected chi connectivity index (χ2v) is 6.43. The van der Waals surface area contributed by atoms with Gasteiger partial charge < -0.3 is 15.7 Å². The molecule has 6 heteroatoms. The Balaban J connectivity index is 0.00000288. The molecule has 0 aliphatic carbocycles. The summed E-state index contributed by atoms with van der Waals surface area (Å²) in [5.41, 5.74) is 2.82. The minimum absolute atomic E-state index is 0. The van der Waals surface area contributed by atoms with E-state index in [9.17, 15) is 5.11 Å². The van der Waals surface area contributed by atoms with E-state index in [1.54, 1.807) is 0 Å². The Bertz CT molecular complexity index is 521. The summed E-state index contributed by atoms with van der Waals surface area (Å²) < 4.78 is 0. The molecule has 0 amide bonds. The van der Waals surface area contributed by atoms with E-state index in [1.165, 1.54) is 11.1 Å². The van der Waals surface area contributed by atoms with Gasteiger partial charge in [-0.05, 0) is 38.3 Å². The van der Waals surface area contributed by atoms with E-state index >= 15 is 0 Å². The largest absolute Gasteiger partial charge is 0.390 e. The van der Waals surface area contributed by atoms with Crippen LogP contribution >= 0.6 is 24.0 Å². The van der Waals surface area contributed by atoms with Crippen LogP contribution < -0.4 is 10.6 Å². The second kappa shape index (κ2) is 10.9. The van der Waals surface area contributed by atoms with Crippen LogP contribution in [0.1, 0.15) is 31.9 Å². The highest BCUT2D eigenvalue weighted by Crippen LogP contribution is 2.18. The van der Waals surface area contributed by atoms with Crippen LogP contribution in [0.25, 0.3) is 0 Å². The first-order valence-corrected chi connectivity index (χ1v) is 8.60. The van der Waals surface area contributed by atoms with Gasteiger partial charge in [0.15, 0.2) is 5.96 Å². The first kappa shape index (κ1) is 21.2. The molecule has 0 fully saturated rings. The number of nitrogens with zero attached hydrogens (tertiary/aromatic N) is 2. The fourth-order valence-electron chi connectivity index (χ4n) is 2.86. The van der Waals surface area contributed by atoms with Crippen molar-refractivity contribution in [2.75, 3.05) is 26.2 Å². The molecule has 0 spiro atoms. The van der Waals surface area contributed by atoms with Gasteiger partial charge in [0.1, 0.15) is 0 Å². The van der Waals surface area contributed by atoms with Gasteiger partial charge in [-0.15, -0.1) is 24.0 Å². The molecule has 3 N–H and O–H groups in total. The summed E-state index contributed by atoms with van der Waals surface area (Å²) in [5.74, 6) is 0.769. The topological polar surface area (TPSA) is 59.9 Å². The lowest BCUT2D eigenvalue weighted by Crippen LogP contribution is -2.42. The number of halogens is 1. The van der Waals surface area contributed by atoms with Crippen LogP contribution in [-0.2, 0) is 13.0 Å². The molecule has 1 aromatic rings. The number of rotatable bonds is 6. The Morgan fingerprint density at radius 3 is 2.67 bits per heavy atom. The van der Waals surface area contributed by atoms with Gasteiger partial charge in [0, 0.05) is 32.2 Å². The van der Waals surface area contributed by atoms with E-state index in [0.717, 1.165) is 32.0 Å². The van der Waals surface area contributed by atoms with Crippen molar-refractivity contribution in [1.29, 1.82) is 0 Å². The first-order chi connectivity index (χ1) is 11.1. The number of hydrogen-bond acceptors (Lipinski definition) is 3. The number of benzene rings is 1. The predicted octanol–water partition coefficient (Wildman–Crippen LogP) is 1.99. The number of β-amino-alcohol motifs (C(OH)–C–C–N with tert-alkyl or cyclic N) is 1. The van der Waals surface area contributed by atoms with Crippen LogP contribution in [0.4, 0.5) is 0 Å². The maximum Gasteiger partial charge on any atom is 0.191 e. The molecule has 136 valence electrons. The molecule has 0 bridgehead atoms. The smallest absolute Gasteiger partial charge is 0.191 e. The van der Waals surface area contributed by atoms with Gasteiger partial charge >= 0.3 is 0 Å². The fraction of sp³-hybridized carbons (Fsp3) is 0.611. The zero-order valence-corrected chi connectivity index (χ0v) is 17.3. The van der Waals surface area contributed by atoms with Crippen molar-refractivity contribution in [2.24, 2.45) is 4.99 Å². The van der Waals surface area contributed by atoms with Crippen molar-refractivity contribution in [2.45, 2.75) is 45.9 Å². The Morgan fingerprint density at radius 2 is 2.00 bits per heavy atom. The quantitative estimate of drug-likeness (QED) is 0.356. The lowest BCUT2D eigenvalue weighted by molar-refractivity contribution is 0.111. The Kier molecular flexibility index (Phi) is 9.61. The van der Waals surface area contributed by atoms with Gasteiger partial charge in [0.2, 0.25) is 0 Å². The third-order valence-electron chi connectivity index (χ3n) is 3.91. The average Bonchev–Trinajstić information content (AvgIpc) is 2.52. The maximum absolute atomic E-state index is 10.3. The van der Waals surface area contributed by atoms with Gasteiger partial charge in [-0.3, -0.25) is 9.89 Å². The summed E-state index contributed by atoms with van der Waals surface area (Å²) in [7, 11) is 0. The van der Waals surface area contributed by atoms with Crippen LogP contribution in [-0.4, -0.2) is 54.3 Å². The molecule has 1 atom stereocenters. The summed E-state index contributed by atoms with van der Waals surface area (Å²) in [4.78, 5) is 6.79. The summed E-state index contributed by atoms with van der Waals surface area (Å²) in [6.45, 7) is 10.0. The third kappa shape index (κ3) is 6.94. The van der Waals surface area contributed by atoms with E-state index in [4.69, 9.17) is 0 Å². The number of aliphatic imine (C=N–C) groups is 1. The lowest BCUT2D eigenvalue weighted by Gasteiger charge is -2.30. The fourth-order valence-corrected chi connectivity index (χ4v) is 2.86. The Morgan fingerprint density at radius 1 is 1.29 bits per heavy atom. The van der Waals surface area contributed by atoms with E-state index < -0.39 is 6.10 Å².